The van der Waals surface area contributed by atoms with Crippen LogP contribution < -0.4 is 10.2 Å². The van der Waals surface area contributed by atoms with E-state index in [4.69, 9.17) is 4.52 Å². The predicted octanol–water partition coefficient (Wildman–Crippen LogP) is 3.69. The molecule has 7 nitrogen and oxygen atoms in total. The van der Waals surface area contributed by atoms with E-state index < -0.39 is 5.91 Å². The van der Waals surface area contributed by atoms with Crippen LogP contribution >= 0.6 is 0 Å². The van der Waals surface area contributed by atoms with Gasteiger partial charge < -0.3 is 9.84 Å². The zero-order valence-corrected chi connectivity index (χ0v) is 15.4. The summed E-state index contributed by atoms with van der Waals surface area (Å²) in [5.41, 5.74) is 2.12. The van der Waals surface area contributed by atoms with Gasteiger partial charge in [0.2, 0.25) is 11.8 Å². The highest BCUT2D eigenvalue weighted by Crippen LogP contribution is 2.31. The van der Waals surface area contributed by atoms with Crippen molar-refractivity contribution in [1.82, 2.24) is 5.16 Å². The molecule has 0 atom stereocenters. The zero-order chi connectivity index (χ0) is 20.5. The molecule has 0 bridgehead atoms. The number of carbonyl (C=O) groups excluding carboxylic acids is 3. The fourth-order valence-electron chi connectivity index (χ4n) is 3.17. The first-order chi connectivity index (χ1) is 13.9. The third-order valence-electron chi connectivity index (χ3n) is 4.72. The average molecular weight is 393 g/mol. The molecule has 29 heavy (non-hydrogen) atoms. The first kappa shape index (κ1) is 18.5. The van der Waals surface area contributed by atoms with E-state index in [1.54, 1.807) is 25.1 Å². The van der Waals surface area contributed by atoms with Gasteiger partial charge in [-0.2, -0.15) is 0 Å². The summed E-state index contributed by atoms with van der Waals surface area (Å²) in [6, 6.07) is 12.1. The van der Waals surface area contributed by atoms with Crippen molar-refractivity contribution in [2.45, 2.75) is 19.8 Å². The van der Waals surface area contributed by atoms with Crippen LogP contribution in [0.4, 0.5) is 15.8 Å². The van der Waals surface area contributed by atoms with Gasteiger partial charge in [0.05, 0.1) is 5.69 Å². The molecule has 3 amide bonds. The van der Waals surface area contributed by atoms with Crippen molar-refractivity contribution in [1.29, 1.82) is 0 Å². The van der Waals surface area contributed by atoms with Gasteiger partial charge in [-0.25, -0.2) is 4.39 Å². The Morgan fingerprint density at radius 1 is 1.10 bits per heavy atom. The number of hydrogen-bond acceptors (Lipinski definition) is 5. The van der Waals surface area contributed by atoms with Crippen molar-refractivity contribution in [2.24, 2.45) is 0 Å². The number of hydrogen-bond donors (Lipinski definition) is 1. The number of rotatable bonds is 4. The molecule has 4 rings (SSSR count). The van der Waals surface area contributed by atoms with E-state index in [9.17, 15) is 18.8 Å². The number of nitrogens with one attached hydrogen (secondary N) is 1. The highest BCUT2D eigenvalue weighted by atomic mass is 19.1. The molecule has 0 unspecified atom stereocenters. The van der Waals surface area contributed by atoms with Crippen molar-refractivity contribution in [3.05, 3.63) is 65.6 Å². The summed E-state index contributed by atoms with van der Waals surface area (Å²) in [5, 5.41) is 6.49. The second-order valence-electron chi connectivity index (χ2n) is 6.61. The average Bonchev–Trinajstić information content (AvgIpc) is 3.32. The molecule has 1 aromatic heterocycles. The SMILES string of the molecule is Cc1c(NC(=O)c2cc(-c3ccc(F)cc3)on2)cccc1N1C(=O)CCC1=O. The molecule has 146 valence electrons. The summed E-state index contributed by atoms with van der Waals surface area (Å²) < 4.78 is 18.2. The van der Waals surface area contributed by atoms with Gasteiger partial charge in [-0.1, -0.05) is 11.2 Å². The molecule has 0 radical (unpaired) electrons. The van der Waals surface area contributed by atoms with Crippen molar-refractivity contribution < 1.29 is 23.3 Å². The molecule has 1 saturated heterocycles. The van der Waals surface area contributed by atoms with Gasteiger partial charge in [0.25, 0.3) is 5.91 Å². The van der Waals surface area contributed by atoms with E-state index in [-0.39, 0.29) is 36.2 Å². The molecular weight excluding hydrogens is 377 g/mol. The van der Waals surface area contributed by atoms with Crippen LogP contribution in [0.1, 0.15) is 28.9 Å². The number of amides is 3. The van der Waals surface area contributed by atoms with Crippen LogP contribution in [0.15, 0.2) is 53.1 Å². The van der Waals surface area contributed by atoms with Gasteiger partial charge in [0, 0.05) is 30.2 Å². The lowest BCUT2D eigenvalue weighted by Gasteiger charge is -2.18. The predicted molar refractivity (Wildman–Crippen MR) is 103 cm³/mol. The minimum atomic E-state index is -0.513. The smallest absolute Gasteiger partial charge is 0.277 e. The van der Waals surface area contributed by atoms with Crippen LogP contribution in [0.2, 0.25) is 0 Å². The van der Waals surface area contributed by atoms with E-state index in [1.165, 1.54) is 30.3 Å². The normalized spacial score (nSPS) is 13.8. The summed E-state index contributed by atoms with van der Waals surface area (Å²) in [5.74, 6) is -1.09. The van der Waals surface area contributed by atoms with Gasteiger partial charge in [0.15, 0.2) is 11.5 Å². The van der Waals surface area contributed by atoms with Crippen LogP contribution in [0, 0.1) is 12.7 Å². The molecule has 1 aliphatic heterocycles. The third-order valence-corrected chi connectivity index (χ3v) is 4.72. The maximum absolute atomic E-state index is 13.1. The molecule has 0 saturated carbocycles. The number of halogens is 1. The van der Waals surface area contributed by atoms with Crippen molar-refractivity contribution in [2.75, 3.05) is 10.2 Å². The Balaban J connectivity index is 1.56. The van der Waals surface area contributed by atoms with E-state index in [2.05, 4.69) is 10.5 Å². The van der Waals surface area contributed by atoms with Crippen LogP contribution in [0.5, 0.6) is 0 Å². The molecule has 0 spiro atoms. The van der Waals surface area contributed by atoms with Crippen LogP contribution in [0.3, 0.4) is 0 Å². The number of benzene rings is 2. The third kappa shape index (κ3) is 3.52. The van der Waals surface area contributed by atoms with E-state index in [0.717, 1.165) is 4.90 Å². The van der Waals surface area contributed by atoms with Crippen molar-refractivity contribution in [3.63, 3.8) is 0 Å². The Morgan fingerprint density at radius 3 is 2.48 bits per heavy atom. The minimum absolute atomic E-state index is 0.0439. The highest BCUT2D eigenvalue weighted by Gasteiger charge is 2.31. The summed E-state index contributed by atoms with van der Waals surface area (Å²) >= 11 is 0. The number of imide groups is 1. The molecule has 0 aliphatic carbocycles. The molecular formula is C21H16FN3O4. The van der Waals surface area contributed by atoms with Gasteiger partial charge in [-0.05, 0) is 48.9 Å². The van der Waals surface area contributed by atoms with Gasteiger partial charge in [-0.15, -0.1) is 0 Å². The van der Waals surface area contributed by atoms with Crippen LogP contribution in [-0.2, 0) is 9.59 Å². The number of aromatic nitrogens is 1. The number of carbonyl (C=O) groups is 3. The monoisotopic (exact) mass is 393 g/mol. The van der Waals surface area contributed by atoms with Gasteiger partial charge in [0.1, 0.15) is 5.82 Å². The first-order valence-corrected chi connectivity index (χ1v) is 8.93. The largest absolute Gasteiger partial charge is 0.355 e. The van der Waals surface area contributed by atoms with Crippen molar-refractivity contribution >= 4 is 29.1 Å². The Morgan fingerprint density at radius 2 is 1.79 bits per heavy atom. The van der Waals surface area contributed by atoms with E-state index >= 15 is 0 Å². The summed E-state index contributed by atoms with van der Waals surface area (Å²) in [6.45, 7) is 1.72. The van der Waals surface area contributed by atoms with Crippen LogP contribution in [0.25, 0.3) is 11.3 Å². The minimum Gasteiger partial charge on any atom is -0.355 e. The summed E-state index contributed by atoms with van der Waals surface area (Å²) in [7, 11) is 0. The Hall–Kier alpha value is -3.81. The topological polar surface area (TPSA) is 92.5 Å². The quantitative estimate of drug-likeness (QED) is 0.683. The van der Waals surface area contributed by atoms with Crippen molar-refractivity contribution in [3.8, 4) is 11.3 Å². The molecule has 2 heterocycles. The Bertz CT molecular complexity index is 1110. The van der Waals surface area contributed by atoms with Gasteiger partial charge in [-0.3, -0.25) is 19.3 Å². The lowest BCUT2D eigenvalue weighted by molar-refractivity contribution is -0.121. The fraction of sp³-hybridized carbons (Fsp3) is 0.143. The number of nitrogens with zero attached hydrogens (tertiary/aromatic N) is 2. The maximum atomic E-state index is 13.1. The zero-order valence-electron chi connectivity index (χ0n) is 15.4. The molecule has 1 N–H and O–H groups in total. The second kappa shape index (κ2) is 7.31. The lowest BCUT2D eigenvalue weighted by Crippen LogP contribution is -2.29. The second-order valence-corrected chi connectivity index (χ2v) is 6.61. The lowest BCUT2D eigenvalue weighted by atomic mass is 10.1. The first-order valence-electron chi connectivity index (χ1n) is 8.93. The highest BCUT2D eigenvalue weighted by molar-refractivity contribution is 6.20. The Labute approximate surface area is 165 Å². The molecule has 1 fully saturated rings. The van der Waals surface area contributed by atoms with Crippen LogP contribution in [-0.4, -0.2) is 22.9 Å². The standard InChI is InChI=1S/C21H16FN3O4/c1-12-15(3-2-4-17(12)25-19(26)9-10-20(25)27)23-21(28)16-11-18(29-24-16)13-5-7-14(22)8-6-13/h2-8,11H,9-10H2,1H3,(H,23,28). The Kier molecular flexibility index (Phi) is 4.67. The molecule has 3 aromatic rings. The summed E-state index contributed by atoms with van der Waals surface area (Å²) in [4.78, 5) is 37.8. The van der Waals surface area contributed by atoms with E-state index in [1.807, 2.05) is 0 Å². The maximum Gasteiger partial charge on any atom is 0.277 e. The molecule has 2 aromatic carbocycles. The summed E-state index contributed by atoms with van der Waals surface area (Å²) in [6.07, 6.45) is 0.361. The molecule has 1 aliphatic rings. The molecule has 8 heteroatoms. The van der Waals surface area contributed by atoms with Gasteiger partial charge >= 0.3 is 0 Å². The fourth-order valence-corrected chi connectivity index (χ4v) is 3.17. The van der Waals surface area contributed by atoms with E-state index in [0.29, 0.717) is 28.3 Å². The number of anilines is 2.